The van der Waals surface area contributed by atoms with Gasteiger partial charge in [-0.15, -0.1) is 0 Å². The fourth-order valence-electron chi connectivity index (χ4n) is 2.84. The van der Waals surface area contributed by atoms with Crippen molar-refractivity contribution in [1.82, 2.24) is 4.90 Å². The molecule has 0 saturated heterocycles. The predicted molar refractivity (Wildman–Crippen MR) is 134 cm³/mol. The molecular formula is C25H39NO14. The number of imide groups is 1. The van der Waals surface area contributed by atoms with Gasteiger partial charge in [0.1, 0.15) is 6.61 Å². The minimum atomic E-state index is -1.57. The number of carboxylic acids is 1. The van der Waals surface area contributed by atoms with Crippen LogP contribution in [0.15, 0.2) is 12.2 Å². The zero-order chi connectivity index (χ0) is 29.3. The number of Topliss-reactive ketones (excluding diaryl/α,β-unsaturated/α-hetero) is 1. The highest BCUT2D eigenvalue weighted by Gasteiger charge is 2.22. The Morgan fingerprint density at radius 1 is 0.550 bits per heavy atom. The number of aliphatic carboxylic acids is 1. The smallest absolute Gasteiger partial charge is 0.372 e. The summed E-state index contributed by atoms with van der Waals surface area (Å²) in [7, 11) is 0. The third-order valence-corrected chi connectivity index (χ3v) is 4.88. The fraction of sp³-hybridized carbons (Fsp3) is 0.720. The Kier molecular flexibility index (Phi) is 21.2. The van der Waals surface area contributed by atoms with Crippen LogP contribution in [-0.2, 0) is 61.9 Å². The monoisotopic (exact) mass is 577 g/mol. The summed E-state index contributed by atoms with van der Waals surface area (Å²) in [4.78, 5) is 56.4. The number of rotatable bonds is 28. The molecule has 0 bridgehead atoms. The molecule has 15 heteroatoms. The van der Waals surface area contributed by atoms with Gasteiger partial charge in [0, 0.05) is 18.6 Å². The van der Waals surface area contributed by atoms with E-state index < -0.39 is 24.1 Å². The number of carbonyl (C=O) groups is 5. The van der Waals surface area contributed by atoms with Crippen LogP contribution in [-0.4, -0.2) is 145 Å². The van der Waals surface area contributed by atoms with Crippen LogP contribution < -0.4 is 0 Å². The van der Waals surface area contributed by atoms with E-state index in [0.717, 1.165) is 4.90 Å². The summed E-state index contributed by atoms with van der Waals surface area (Å²) in [6, 6.07) is 0. The molecular weight excluding hydrogens is 538 g/mol. The molecule has 0 fully saturated rings. The van der Waals surface area contributed by atoms with Crippen molar-refractivity contribution < 1.29 is 67.0 Å². The molecule has 1 N–H and O–H groups in total. The minimum Gasteiger partial charge on any atom is -0.476 e. The predicted octanol–water partition coefficient (Wildman–Crippen LogP) is -0.995. The second kappa shape index (κ2) is 24.0. The average molecular weight is 578 g/mol. The van der Waals surface area contributed by atoms with Gasteiger partial charge in [0.05, 0.1) is 105 Å². The van der Waals surface area contributed by atoms with E-state index in [1.165, 1.54) is 12.2 Å². The lowest BCUT2D eigenvalue weighted by Gasteiger charge is -2.13. The van der Waals surface area contributed by atoms with Gasteiger partial charge in [0.25, 0.3) is 11.8 Å². The van der Waals surface area contributed by atoms with Gasteiger partial charge in [-0.05, 0) is 0 Å². The topological polar surface area (TPSA) is 183 Å². The summed E-state index contributed by atoms with van der Waals surface area (Å²) in [5.74, 6) is -3.90. The largest absolute Gasteiger partial charge is 0.476 e. The first kappa shape index (κ1) is 35.2. The number of esters is 1. The molecule has 1 heterocycles. The Morgan fingerprint density at radius 3 is 1.27 bits per heavy atom. The van der Waals surface area contributed by atoms with E-state index in [-0.39, 0.29) is 44.6 Å². The van der Waals surface area contributed by atoms with Crippen LogP contribution in [0.1, 0.15) is 12.8 Å². The van der Waals surface area contributed by atoms with Gasteiger partial charge in [-0.1, -0.05) is 0 Å². The van der Waals surface area contributed by atoms with Crippen LogP contribution in [0, 0.1) is 0 Å². The maximum atomic E-state index is 11.4. The van der Waals surface area contributed by atoms with Gasteiger partial charge in [-0.3, -0.25) is 24.1 Å². The van der Waals surface area contributed by atoms with Gasteiger partial charge >= 0.3 is 11.9 Å². The maximum absolute atomic E-state index is 11.4. The number of hydrogen-bond donors (Lipinski definition) is 1. The number of ether oxygens (including phenoxy) is 8. The molecule has 0 spiro atoms. The Balaban J connectivity index is 1.69. The molecule has 0 unspecified atom stereocenters. The van der Waals surface area contributed by atoms with Crippen molar-refractivity contribution in [3.8, 4) is 0 Å². The molecule has 0 aliphatic carbocycles. The standard InChI is InChI=1S/C25H39NO14/c27-21(25(31)32)1-4-24(30)40-20-19-39-18-17-38-16-15-37-14-13-36-12-11-35-10-9-34-8-7-33-6-5-26-22(28)2-3-23(26)29/h2-3H,1,4-20H2,(H,31,32). The van der Waals surface area contributed by atoms with Crippen molar-refractivity contribution in [2.24, 2.45) is 0 Å². The molecule has 0 saturated carbocycles. The van der Waals surface area contributed by atoms with Gasteiger partial charge in [0.15, 0.2) is 0 Å². The number of nitrogens with zero attached hydrogens (tertiary/aromatic N) is 1. The minimum absolute atomic E-state index is 0.00610. The summed E-state index contributed by atoms with van der Waals surface area (Å²) < 4.78 is 42.2. The molecule has 228 valence electrons. The van der Waals surface area contributed by atoms with Crippen molar-refractivity contribution in [3.63, 3.8) is 0 Å². The number of carboxylic acid groups (broad SMARTS) is 1. The number of amides is 2. The van der Waals surface area contributed by atoms with Gasteiger partial charge in [-0.2, -0.15) is 0 Å². The highest BCUT2D eigenvalue weighted by atomic mass is 16.6. The van der Waals surface area contributed by atoms with Crippen molar-refractivity contribution in [1.29, 1.82) is 0 Å². The average Bonchev–Trinajstić information content (AvgIpc) is 3.26. The summed E-state index contributed by atoms with van der Waals surface area (Å²) in [5, 5.41) is 8.42. The first-order valence-electron chi connectivity index (χ1n) is 12.9. The lowest BCUT2D eigenvalue weighted by atomic mass is 10.2. The quantitative estimate of drug-likeness (QED) is 0.0517. The normalized spacial score (nSPS) is 12.8. The Morgan fingerprint density at radius 2 is 0.900 bits per heavy atom. The van der Waals surface area contributed by atoms with E-state index in [1.54, 1.807) is 0 Å². The van der Waals surface area contributed by atoms with E-state index in [1.807, 2.05) is 0 Å². The molecule has 1 aliphatic heterocycles. The number of carbonyl (C=O) groups excluding carboxylic acids is 4. The number of hydrogen-bond acceptors (Lipinski definition) is 13. The van der Waals surface area contributed by atoms with Gasteiger partial charge in [-0.25, -0.2) is 4.79 Å². The van der Waals surface area contributed by atoms with Crippen LogP contribution in [0.25, 0.3) is 0 Å². The molecule has 15 nitrogen and oxygen atoms in total. The summed E-state index contributed by atoms with van der Waals surface area (Å²) >= 11 is 0. The van der Waals surface area contributed by atoms with Crippen LogP contribution >= 0.6 is 0 Å². The Bertz CT molecular complexity index is 769. The van der Waals surface area contributed by atoms with Gasteiger partial charge < -0.3 is 43.0 Å². The van der Waals surface area contributed by atoms with E-state index in [9.17, 15) is 24.0 Å². The first-order chi connectivity index (χ1) is 19.4. The molecule has 0 aromatic heterocycles. The molecule has 0 aromatic rings. The van der Waals surface area contributed by atoms with Gasteiger partial charge in [0.2, 0.25) is 5.78 Å². The zero-order valence-corrected chi connectivity index (χ0v) is 22.6. The molecule has 0 atom stereocenters. The third-order valence-electron chi connectivity index (χ3n) is 4.88. The first-order valence-corrected chi connectivity index (χ1v) is 12.9. The third kappa shape index (κ3) is 19.3. The number of ketones is 1. The highest BCUT2D eigenvalue weighted by Crippen LogP contribution is 2.02. The van der Waals surface area contributed by atoms with Crippen molar-refractivity contribution in [3.05, 3.63) is 12.2 Å². The van der Waals surface area contributed by atoms with Crippen molar-refractivity contribution in [2.45, 2.75) is 12.8 Å². The van der Waals surface area contributed by atoms with Crippen LogP contribution in [0.5, 0.6) is 0 Å². The SMILES string of the molecule is O=C(CCC(=O)C(=O)O)OCCOCCOCCOCCOCCOCCOCCOCCN1C(=O)C=CC1=O. The lowest BCUT2D eigenvalue weighted by molar-refractivity contribution is -0.151. The Labute approximate surface area is 232 Å². The second-order valence-corrected chi connectivity index (χ2v) is 7.90. The van der Waals surface area contributed by atoms with E-state index in [4.69, 9.17) is 43.0 Å². The highest BCUT2D eigenvalue weighted by molar-refractivity contribution is 6.32. The summed E-state index contributed by atoms with van der Waals surface area (Å²) in [5.41, 5.74) is 0. The maximum Gasteiger partial charge on any atom is 0.372 e. The molecule has 1 rings (SSSR count). The molecule has 40 heavy (non-hydrogen) atoms. The van der Waals surface area contributed by atoms with Crippen LogP contribution in [0.3, 0.4) is 0 Å². The van der Waals surface area contributed by atoms with Crippen LogP contribution in [0.2, 0.25) is 0 Å². The fourth-order valence-corrected chi connectivity index (χ4v) is 2.84. The van der Waals surface area contributed by atoms with E-state index in [2.05, 4.69) is 0 Å². The summed E-state index contributed by atoms with van der Waals surface area (Å²) in [6.07, 6.45) is 1.81. The molecule has 1 aliphatic rings. The van der Waals surface area contributed by atoms with E-state index in [0.29, 0.717) is 79.3 Å². The molecule has 0 aromatic carbocycles. The van der Waals surface area contributed by atoms with Crippen molar-refractivity contribution >= 4 is 29.5 Å². The lowest BCUT2D eigenvalue weighted by Crippen LogP contribution is -2.33. The summed E-state index contributed by atoms with van der Waals surface area (Å²) in [6.45, 7) is 5.37. The second-order valence-electron chi connectivity index (χ2n) is 7.90. The molecule has 0 radical (unpaired) electrons. The van der Waals surface area contributed by atoms with Crippen molar-refractivity contribution in [2.75, 3.05) is 106 Å². The Hall–Kier alpha value is -2.79. The molecule has 2 amide bonds. The zero-order valence-electron chi connectivity index (χ0n) is 22.6. The van der Waals surface area contributed by atoms with E-state index >= 15 is 0 Å². The van der Waals surface area contributed by atoms with Crippen LogP contribution in [0.4, 0.5) is 0 Å².